The summed E-state index contributed by atoms with van der Waals surface area (Å²) in [4.78, 5) is 0. The molecule has 0 aliphatic carbocycles. The molecule has 1 heteroatoms. The third kappa shape index (κ3) is 5.29. The fraction of sp³-hybridized carbons (Fsp3) is 0.667. The van der Waals surface area contributed by atoms with Gasteiger partial charge in [0.15, 0.2) is 12.4 Å². The SMILES string of the molecule is CCCCCCCc1ccc[n+](CCC)c1. The van der Waals surface area contributed by atoms with Gasteiger partial charge in [0, 0.05) is 18.1 Å². The summed E-state index contributed by atoms with van der Waals surface area (Å²) in [6, 6.07) is 4.43. The van der Waals surface area contributed by atoms with Gasteiger partial charge in [0.05, 0.1) is 0 Å². The molecule has 0 aliphatic rings. The van der Waals surface area contributed by atoms with E-state index in [2.05, 4.69) is 42.9 Å². The largest absolute Gasteiger partial charge is 0.205 e. The lowest BCUT2D eigenvalue weighted by Gasteiger charge is -2.01. The van der Waals surface area contributed by atoms with Crippen LogP contribution in [-0.4, -0.2) is 0 Å². The van der Waals surface area contributed by atoms with Crippen LogP contribution in [0.25, 0.3) is 0 Å². The van der Waals surface area contributed by atoms with Crippen LogP contribution in [0.5, 0.6) is 0 Å². The molecule has 0 fully saturated rings. The van der Waals surface area contributed by atoms with Crippen molar-refractivity contribution in [2.24, 2.45) is 0 Å². The van der Waals surface area contributed by atoms with Crippen LogP contribution in [-0.2, 0) is 13.0 Å². The Kier molecular flexibility index (Phi) is 6.87. The first-order chi connectivity index (χ1) is 7.86. The molecular weight excluding hydrogens is 194 g/mol. The Hall–Kier alpha value is -0.850. The highest BCUT2D eigenvalue weighted by Gasteiger charge is 2.01. The third-order valence-corrected chi connectivity index (χ3v) is 2.97. The van der Waals surface area contributed by atoms with Crippen LogP contribution in [0.1, 0.15) is 57.9 Å². The lowest BCUT2D eigenvalue weighted by atomic mass is 10.1. The molecule has 0 saturated heterocycles. The van der Waals surface area contributed by atoms with Crippen LogP contribution in [0.15, 0.2) is 24.5 Å². The second kappa shape index (κ2) is 8.32. The number of pyridine rings is 1. The molecule has 1 nitrogen and oxygen atoms in total. The topological polar surface area (TPSA) is 3.88 Å². The van der Waals surface area contributed by atoms with Crippen LogP contribution in [0, 0.1) is 0 Å². The maximum atomic E-state index is 2.31. The van der Waals surface area contributed by atoms with Crippen LogP contribution in [0.4, 0.5) is 0 Å². The Morgan fingerprint density at radius 2 is 1.81 bits per heavy atom. The van der Waals surface area contributed by atoms with Gasteiger partial charge in [0.1, 0.15) is 6.54 Å². The normalized spacial score (nSPS) is 10.6. The van der Waals surface area contributed by atoms with E-state index in [4.69, 9.17) is 0 Å². The number of aromatic nitrogens is 1. The van der Waals surface area contributed by atoms with Gasteiger partial charge < -0.3 is 0 Å². The van der Waals surface area contributed by atoms with Crippen LogP contribution in [0.2, 0.25) is 0 Å². The molecule has 0 saturated carbocycles. The number of aryl methyl sites for hydroxylation is 2. The van der Waals surface area contributed by atoms with Crippen molar-refractivity contribution >= 4 is 0 Å². The summed E-state index contributed by atoms with van der Waals surface area (Å²) < 4.78 is 2.31. The highest BCUT2D eigenvalue weighted by Crippen LogP contribution is 2.07. The second-order valence-electron chi connectivity index (χ2n) is 4.61. The lowest BCUT2D eigenvalue weighted by molar-refractivity contribution is -0.697. The summed E-state index contributed by atoms with van der Waals surface area (Å²) in [6.07, 6.45) is 13.8. The van der Waals surface area contributed by atoms with E-state index in [9.17, 15) is 0 Å². The van der Waals surface area contributed by atoms with Crippen LogP contribution < -0.4 is 4.57 Å². The Morgan fingerprint density at radius 1 is 1.00 bits per heavy atom. The first-order valence-electron chi connectivity index (χ1n) is 6.84. The first-order valence-corrected chi connectivity index (χ1v) is 6.84. The summed E-state index contributed by atoms with van der Waals surface area (Å²) in [6.45, 7) is 5.64. The maximum Gasteiger partial charge on any atom is 0.171 e. The van der Waals surface area contributed by atoms with Crippen molar-refractivity contribution in [3.05, 3.63) is 30.1 Å². The minimum Gasteiger partial charge on any atom is -0.205 e. The van der Waals surface area contributed by atoms with E-state index in [-0.39, 0.29) is 0 Å². The Bertz CT molecular complexity index is 281. The van der Waals surface area contributed by atoms with Crippen molar-refractivity contribution in [3.8, 4) is 0 Å². The lowest BCUT2D eigenvalue weighted by Crippen LogP contribution is -2.32. The van der Waals surface area contributed by atoms with Gasteiger partial charge >= 0.3 is 0 Å². The molecular formula is C15H26N+. The summed E-state index contributed by atoms with van der Waals surface area (Å²) in [5.74, 6) is 0. The van der Waals surface area contributed by atoms with E-state index in [0.29, 0.717) is 0 Å². The quantitative estimate of drug-likeness (QED) is 0.462. The Balaban J connectivity index is 2.27. The molecule has 1 heterocycles. The fourth-order valence-corrected chi connectivity index (χ4v) is 2.05. The van der Waals surface area contributed by atoms with E-state index in [1.807, 2.05) is 0 Å². The summed E-state index contributed by atoms with van der Waals surface area (Å²) >= 11 is 0. The molecule has 0 unspecified atom stereocenters. The number of rotatable bonds is 8. The van der Waals surface area contributed by atoms with E-state index >= 15 is 0 Å². The molecule has 0 N–H and O–H groups in total. The van der Waals surface area contributed by atoms with Crippen molar-refractivity contribution in [1.82, 2.24) is 0 Å². The zero-order valence-corrected chi connectivity index (χ0v) is 10.9. The number of hydrogen-bond donors (Lipinski definition) is 0. The zero-order valence-electron chi connectivity index (χ0n) is 10.9. The van der Waals surface area contributed by atoms with E-state index in [0.717, 1.165) is 6.54 Å². The van der Waals surface area contributed by atoms with Gasteiger partial charge in [-0.2, -0.15) is 0 Å². The standard InChI is InChI=1S/C15H26N/c1-3-5-6-7-8-10-15-11-9-13-16(14-15)12-4-2/h9,11,13-14H,3-8,10,12H2,1-2H3/q+1. The van der Waals surface area contributed by atoms with Crippen LogP contribution in [0.3, 0.4) is 0 Å². The maximum absolute atomic E-state index is 2.31. The van der Waals surface area contributed by atoms with Gasteiger partial charge in [-0.1, -0.05) is 39.5 Å². The van der Waals surface area contributed by atoms with Gasteiger partial charge in [0.2, 0.25) is 0 Å². The van der Waals surface area contributed by atoms with E-state index in [1.54, 1.807) is 0 Å². The molecule has 1 aromatic heterocycles. The predicted octanol–water partition coefficient (Wildman–Crippen LogP) is 3.90. The fourth-order valence-electron chi connectivity index (χ4n) is 2.05. The molecule has 16 heavy (non-hydrogen) atoms. The number of hydrogen-bond acceptors (Lipinski definition) is 0. The molecule has 0 amide bonds. The van der Waals surface area contributed by atoms with Gasteiger partial charge in [-0.3, -0.25) is 0 Å². The second-order valence-corrected chi connectivity index (χ2v) is 4.61. The van der Waals surface area contributed by atoms with Gasteiger partial charge in [-0.25, -0.2) is 4.57 Å². The van der Waals surface area contributed by atoms with Crippen LogP contribution >= 0.6 is 0 Å². The average molecular weight is 220 g/mol. The van der Waals surface area contributed by atoms with Crippen molar-refractivity contribution < 1.29 is 4.57 Å². The predicted molar refractivity (Wildman–Crippen MR) is 69.4 cm³/mol. The van der Waals surface area contributed by atoms with Crippen molar-refractivity contribution in [1.29, 1.82) is 0 Å². The monoisotopic (exact) mass is 220 g/mol. The third-order valence-electron chi connectivity index (χ3n) is 2.97. The summed E-state index contributed by atoms with van der Waals surface area (Å²) in [5, 5.41) is 0. The molecule has 0 bridgehead atoms. The molecule has 90 valence electrons. The summed E-state index contributed by atoms with van der Waals surface area (Å²) in [5.41, 5.74) is 1.49. The first kappa shape index (κ1) is 13.2. The minimum atomic E-state index is 1.14. The number of nitrogens with zero attached hydrogens (tertiary/aromatic N) is 1. The molecule has 1 rings (SSSR count). The van der Waals surface area contributed by atoms with Crippen molar-refractivity contribution in [2.45, 2.75) is 65.3 Å². The smallest absolute Gasteiger partial charge is 0.171 e. The van der Waals surface area contributed by atoms with Gasteiger partial charge in [-0.05, 0) is 18.9 Å². The van der Waals surface area contributed by atoms with Crippen molar-refractivity contribution in [2.75, 3.05) is 0 Å². The molecule has 0 aliphatic heterocycles. The number of unbranched alkanes of at least 4 members (excludes halogenated alkanes) is 4. The molecule has 0 spiro atoms. The summed E-state index contributed by atoms with van der Waals surface area (Å²) in [7, 11) is 0. The molecule has 0 radical (unpaired) electrons. The Labute approximate surface area is 101 Å². The molecule has 1 aromatic rings. The highest BCUT2D eigenvalue weighted by atomic mass is 14.9. The molecule has 0 aromatic carbocycles. The average Bonchev–Trinajstić information content (AvgIpc) is 2.30. The van der Waals surface area contributed by atoms with E-state index < -0.39 is 0 Å². The minimum absolute atomic E-state index is 1.14. The van der Waals surface area contributed by atoms with Crippen molar-refractivity contribution in [3.63, 3.8) is 0 Å². The van der Waals surface area contributed by atoms with E-state index in [1.165, 1.54) is 50.5 Å². The zero-order chi connectivity index (χ0) is 11.6. The highest BCUT2D eigenvalue weighted by molar-refractivity contribution is 5.05. The van der Waals surface area contributed by atoms with Gasteiger partial charge in [-0.15, -0.1) is 0 Å². The van der Waals surface area contributed by atoms with Gasteiger partial charge in [0.25, 0.3) is 0 Å². The Morgan fingerprint density at radius 3 is 2.56 bits per heavy atom. The molecule has 0 atom stereocenters.